The molecule has 0 bridgehead atoms. The molecule has 0 spiro atoms. The van der Waals surface area contributed by atoms with Crippen LogP contribution in [0.1, 0.15) is 16.8 Å². The van der Waals surface area contributed by atoms with Crippen LogP contribution in [-0.2, 0) is 6.61 Å². The number of hydrogen-bond donors (Lipinski definition) is 0. The molecule has 8 heteroatoms. The van der Waals surface area contributed by atoms with Crippen molar-refractivity contribution >= 4 is 17.8 Å². The number of ether oxygens (including phenoxy) is 2. The molecule has 0 atom stereocenters. The number of nitro benzene ring substituents is 1. The van der Waals surface area contributed by atoms with E-state index in [1.165, 1.54) is 24.4 Å². The van der Waals surface area contributed by atoms with E-state index < -0.39 is 4.92 Å². The van der Waals surface area contributed by atoms with Crippen molar-refractivity contribution in [1.29, 1.82) is 0 Å². The lowest BCUT2D eigenvalue weighted by Crippen LogP contribution is -2.33. The lowest BCUT2D eigenvalue weighted by atomic mass is 10.1. The van der Waals surface area contributed by atoms with E-state index in [0.29, 0.717) is 34.1 Å². The summed E-state index contributed by atoms with van der Waals surface area (Å²) < 4.78 is 12.0. The summed E-state index contributed by atoms with van der Waals surface area (Å²) in [6.45, 7) is 0.417. The number of non-ortho nitro benzene ring substituents is 1. The number of nitro groups is 1. The van der Waals surface area contributed by atoms with Crippen molar-refractivity contribution in [3.63, 3.8) is 0 Å². The van der Waals surface area contributed by atoms with Gasteiger partial charge in [0.2, 0.25) is 0 Å². The third-order valence-electron chi connectivity index (χ3n) is 5.06. The molecule has 4 rings (SSSR count). The summed E-state index contributed by atoms with van der Waals surface area (Å²) in [5.41, 5.74) is 2.44. The molecular formula is C26H21N3O5. The normalized spacial score (nSPS) is 10.9. The Kier molecular flexibility index (Phi) is 6.78. The van der Waals surface area contributed by atoms with Crippen molar-refractivity contribution in [2.45, 2.75) is 6.61 Å². The Hall–Kier alpha value is -4.72. The molecule has 3 aromatic carbocycles. The Balaban J connectivity index is 1.55. The van der Waals surface area contributed by atoms with Gasteiger partial charge in [0.25, 0.3) is 5.69 Å². The molecule has 8 nitrogen and oxygen atoms in total. The largest absolute Gasteiger partial charge is 0.710 e. The smallest absolute Gasteiger partial charge is 0.333 e. The topological polar surface area (TPSA) is 101 Å². The minimum atomic E-state index is -0.511. The molecule has 0 saturated carbocycles. The van der Waals surface area contributed by atoms with Crippen LogP contribution in [0.25, 0.3) is 23.5 Å². The van der Waals surface area contributed by atoms with Crippen LogP contribution in [0.2, 0.25) is 0 Å². The molecule has 0 aliphatic rings. The van der Waals surface area contributed by atoms with Crippen LogP contribution in [0.4, 0.5) is 5.69 Å². The second-order valence-corrected chi connectivity index (χ2v) is 7.31. The minimum absolute atomic E-state index is 0.0769. The summed E-state index contributed by atoms with van der Waals surface area (Å²) in [6.07, 6.45) is 4.91. The molecule has 0 radical (unpaired) electrons. The third kappa shape index (κ3) is 5.18. The molecule has 0 amide bonds. The van der Waals surface area contributed by atoms with Gasteiger partial charge in [0.15, 0.2) is 11.5 Å². The Morgan fingerprint density at radius 1 is 0.971 bits per heavy atom. The summed E-state index contributed by atoms with van der Waals surface area (Å²) in [4.78, 5) is 14.7. The van der Waals surface area contributed by atoms with E-state index in [1.807, 2.05) is 48.5 Å². The van der Waals surface area contributed by atoms with Gasteiger partial charge in [-0.05, 0) is 40.4 Å². The van der Waals surface area contributed by atoms with Gasteiger partial charge in [-0.25, -0.2) is 4.73 Å². The van der Waals surface area contributed by atoms with Crippen molar-refractivity contribution in [1.82, 2.24) is 4.98 Å². The molecule has 34 heavy (non-hydrogen) atoms. The van der Waals surface area contributed by atoms with Crippen LogP contribution in [-0.4, -0.2) is 17.0 Å². The maximum atomic E-state index is 12.9. The van der Waals surface area contributed by atoms with Crippen LogP contribution in [0.5, 0.6) is 11.5 Å². The van der Waals surface area contributed by atoms with Gasteiger partial charge < -0.3 is 14.7 Å². The second kappa shape index (κ2) is 10.3. The monoisotopic (exact) mass is 455 g/mol. The number of nitrogens with zero attached hydrogens (tertiary/aromatic N) is 3. The molecule has 0 aliphatic carbocycles. The summed E-state index contributed by atoms with van der Waals surface area (Å²) in [6, 6.07) is 22.7. The lowest BCUT2D eigenvalue weighted by Gasteiger charge is -2.12. The van der Waals surface area contributed by atoms with Gasteiger partial charge in [0.1, 0.15) is 18.5 Å². The van der Waals surface area contributed by atoms with Crippen molar-refractivity contribution in [2.75, 3.05) is 7.11 Å². The zero-order valence-corrected chi connectivity index (χ0v) is 18.3. The zero-order chi connectivity index (χ0) is 23.9. The van der Waals surface area contributed by atoms with E-state index in [9.17, 15) is 15.3 Å². The molecule has 4 aromatic rings. The summed E-state index contributed by atoms with van der Waals surface area (Å²) >= 11 is 0. The summed E-state index contributed by atoms with van der Waals surface area (Å²) in [5, 5.41) is 23.9. The van der Waals surface area contributed by atoms with Crippen LogP contribution in [0.3, 0.4) is 0 Å². The minimum Gasteiger partial charge on any atom is -0.710 e. The predicted molar refractivity (Wildman–Crippen MR) is 128 cm³/mol. The average molecular weight is 455 g/mol. The van der Waals surface area contributed by atoms with Gasteiger partial charge in [-0.3, -0.25) is 10.1 Å². The molecule has 1 aromatic heterocycles. The highest BCUT2D eigenvalue weighted by atomic mass is 16.6. The molecule has 1 heterocycles. The Labute approximate surface area is 196 Å². The number of rotatable bonds is 8. The first-order valence-electron chi connectivity index (χ1n) is 10.4. The molecule has 0 aliphatic heterocycles. The first kappa shape index (κ1) is 22.5. The second-order valence-electron chi connectivity index (χ2n) is 7.31. The third-order valence-corrected chi connectivity index (χ3v) is 5.06. The summed E-state index contributed by atoms with van der Waals surface area (Å²) in [5.74, 6) is 1.26. The van der Waals surface area contributed by atoms with Gasteiger partial charge in [0.05, 0.1) is 17.6 Å². The average Bonchev–Trinajstić information content (AvgIpc) is 2.87. The van der Waals surface area contributed by atoms with Gasteiger partial charge >= 0.3 is 5.82 Å². The van der Waals surface area contributed by atoms with Gasteiger partial charge in [0, 0.05) is 18.2 Å². The van der Waals surface area contributed by atoms with E-state index in [-0.39, 0.29) is 11.5 Å². The van der Waals surface area contributed by atoms with Crippen LogP contribution >= 0.6 is 0 Å². The maximum absolute atomic E-state index is 12.9. The number of aromatic nitrogens is 2. The maximum Gasteiger partial charge on any atom is 0.333 e. The van der Waals surface area contributed by atoms with Gasteiger partial charge in [-0.2, -0.15) is 0 Å². The molecule has 0 N–H and O–H groups in total. The van der Waals surface area contributed by atoms with E-state index in [4.69, 9.17) is 9.47 Å². The highest BCUT2D eigenvalue weighted by Crippen LogP contribution is 2.29. The van der Waals surface area contributed by atoms with Gasteiger partial charge in [-0.15, -0.1) is 0 Å². The van der Waals surface area contributed by atoms with E-state index in [1.54, 1.807) is 31.4 Å². The first-order chi connectivity index (χ1) is 16.5. The molecule has 170 valence electrons. The zero-order valence-electron chi connectivity index (χ0n) is 18.3. The number of hydrogen-bond acceptors (Lipinski definition) is 6. The van der Waals surface area contributed by atoms with Crippen LogP contribution in [0, 0.1) is 15.3 Å². The van der Waals surface area contributed by atoms with E-state index in [0.717, 1.165) is 11.1 Å². The highest BCUT2D eigenvalue weighted by molar-refractivity contribution is 5.69. The van der Waals surface area contributed by atoms with Crippen LogP contribution in [0.15, 0.2) is 85.1 Å². The molecule has 0 fully saturated rings. The fraction of sp³-hybridized carbons (Fsp3) is 0.0769. The predicted octanol–water partition coefficient (Wildman–Crippen LogP) is 5.05. The van der Waals surface area contributed by atoms with Crippen LogP contribution < -0.4 is 14.2 Å². The van der Waals surface area contributed by atoms with Crippen molar-refractivity contribution in [3.05, 3.63) is 117 Å². The van der Waals surface area contributed by atoms with Crippen molar-refractivity contribution in [3.8, 4) is 22.9 Å². The van der Waals surface area contributed by atoms with Gasteiger partial charge in [-0.1, -0.05) is 48.5 Å². The van der Waals surface area contributed by atoms with E-state index in [2.05, 4.69) is 4.98 Å². The van der Waals surface area contributed by atoms with Crippen molar-refractivity contribution in [2.24, 2.45) is 0 Å². The first-order valence-corrected chi connectivity index (χ1v) is 10.4. The molecule has 0 unspecified atom stereocenters. The standard InChI is InChI=1S/C26H21N3O5/c1-33-25-16-19(11-13-24(25)34-18-20-6-3-2-4-7-20)10-12-22-14-15-27-26(28(22)30)21-8-5-9-23(17-21)29(31)32/h2-17H,18H2,1H3/b12-10+. The quantitative estimate of drug-likeness (QED) is 0.159. The Bertz CT molecular complexity index is 1340. The van der Waals surface area contributed by atoms with Crippen molar-refractivity contribution < 1.29 is 19.1 Å². The lowest BCUT2D eigenvalue weighted by molar-refractivity contribution is -0.598. The Morgan fingerprint density at radius 2 is 1.79 bits per heavy atom. The fourth-order valence-corrected chi connectivity index (χ4v) is 3.32. The number of methoxy groups -OCH3 is 1. The molecule has 0 saturated heterocycles. The fourth-order valence-electron chi connectivity index (χ4n) is 3.32. The highest BCUT2D eigenvalue weighted by Gasteiger charge is 2.16. The Morgan fingerprint density at radius 3 is 2.56 bits per heavy atom. The molecular weight excluding hydrogens is 434 g/mol. The summed E-state index contributed by atoms with van der Waals surface area (Å²) in [7, 11) is 1.57. The SMILES string of the molecule is COc1cc(/C=C/c2ccnc(-c3cccc([N+](=O)[O-])c3)[n+]2[O-])ccc1OCc1ccccc1. The number of benzene rings is 3. The van der Waals surface area contributed by atoms with E-state index >= 15 is 0 Å².